The Labute approximate surface area is 299 Å². The van der Waals surface area contributed by atoms with Gasteiger partial charge in [-0.3, -0.25) is 28.8 Å². The van der Waals surface area contributed by atoms with Crippen molar-refractivity contribution in [3.05, 3.63) is 95.6 Å². The molecule has 1 aliphatic rings. The fourth-order valence-electron chi connectivity index (χ4n) is 4.83. The molecule has 274 valence electrons. The van der Waals surface area contributed by atoms with E-state index in [0.29, 0.717) is 24.2 Å². The van der Waals surface area contributed by atoms with Crippen LogP contribution in [0.25, 0.3) is 0 Å². The lowest BCUT2D eigenvalue weighted by atomic mass is 10.0. The van der Waals surface area contributed by atoms with E-state index in [1.54, 1.807) is 36.4 Å². The Kier molecular flexibility index (Phi) is 15.0. The minimum Gasteiger partial charge on any atom is -0.489 e. The van der Waals surface area contributed by atoms with Gasteiger partial charge in [-0.25, -0.2) is 4.79 Å². The number of benzene rings is 3. The third kappa shape index (κ3) is 13.5. The third-order valence-corrected chi connectivity index (χ3v) is 7.56. The number of ether oxygens (including phenoxy) is 2. The minimum atomic E-state index is -1.07. The van der Waals surface area contributed by atoms with Gasteiger partial charge < -0.3 is 46.7 Å². The second-order valence-electron chi connectivity index (χ2n) is 11.6. The summed E-state index contributed by atoms with van der Waals surface area (Å²) >= 11 is 0. The smallest absolute Gasteiger partial charge is 0.407 e. The molecule has 0 aromatic heterocycles. The Morgan fingerprint density at radius 3 is 1.98 bits per heavy atom. The van der Waals surface area contributed by atoms with Gasteiger partial charge in [0.25, 0.3) is 5.91 Å². The largest absolute Gasteiger partial charge is 0.489 e. The van der Waals surface area contributed by atoms with Crippen LogP contribution in [0.2, 0.25) is 0 Å². The number of carbonyl (C=O) groups excluding carboxylic acids is 7. The number of alkyl carbamates (subject to hydrolysis) is 1. The molecule has 1 atom stereocenters. The molecule has 3 aromatic rings. The zero-order valence-electron chi connectivity index (χ0n) is 28.3. The van der Waals surface area contributed by atoms with Crippen molar-refractivity contribution in [3.8, 4) is 5.75 Å². The highest BCUT2D eigenvalue weighted by Gasteiger charge is 2.23. The summed E-state index contributed by atoms with van der Waals surface area (Å²) in [6.45, 7) is -1.51. The van der Waals surface area contributed by atoms with E-state index in [4.69, 9.17) is 9.47 Å². The Bertz CT molecular complexity index is 1720. The van der Waals surface area contributed by atoms with Gasteiger partial charge in [0.15, 0.2) is 0 Å². The standard InChI is InChI=1S/C36H41N7O9/c44-30-18-39-32(46)20-41-34(48)28-17-26(15-14-25(28)23-51-27-11-5-2-6-12-27)42-35(49)29(43-33(47)21-40-31(45)19-38-30)13-7-8-16-37-36(50)52-22-24-9-3-1-4-10-24/h1-6,9-12,14-15,17,29H,7-8,13,16,18-23H2,(H,37,50)(H,38,44)(H,39,46)(H,40,45)(H,41,48)(H,42,49)(H,43,47)/t29-/m0/s1. The van der Waals surface area contributed by atoms with Crippen LogP contribution in [0.5, 0.6) is 5.75 Å². The highest BCUT2D eigenvalue weighted by Crippen LogP contribution is 2.20. The number of hydrogen-bond donors (Lipinski definition) is 7. The molecular weight excluding hydrogens is 674 g/mol. The molecule has 4 rings (SSSR count). The van der Waals surface area contributed by atoms with Crippen molar-refractivity contribution in [2.75, 3.05) is 38.0 Å². The molecule has 0 radical (unpaired) electrons. The lowest BCUT2D eigenvalue weighted by Crippen LogP contribution is -2.49. The van der Waals surface area contributed by atoms with Crippen LogP contribution in [0.3, 0.4) is 0 Å². The molecule has 3 aromatic carbocycles. The molecule has 0 fully saturated rings. The van der Waals surface area contributed by atoms with Crippen molar-refractivity contribution < 1.29 is 43.0 Å². The van der Waals surface area contributed by atoms with E-state index in [9.17, 15) is 33.6 Å². The Balaban J connectivity index is 1.45. The number of nitrogens with one attached hydrogen (secondary N) is 7. The van der Waals surface area contributed by atoms with E-state index in [1.165, 1.54) is 6.07 Å². The van der Waals surface area contributed by atoms with E-state index in [1.807, 2.05) is 36.4 Å². The monoisotopic (exact) mass is 715 g/mol. The number of para-hydroxylation sites is 1. The van der Waals surface area contributed by atoms with E-state index in [0.717, 1.165) is 5.56 Å². The summed E-state index contributed by atoms with van der Waals surface area (Å²) in [5, 5.41) is 17.5. The summed E-state index contributed by atoms with van der Waals surface area (Å²) in [5.74, 6) is -3.36. The van der Waals surface area contributed by atoms with Crippen LogP contribution in [0.15, 0.2) is 78.9 Å². The summed E-state index contributed by atoms with van der Waals surface area (Å²) < 4.78 is 11.0. The molecule has 0 saturated heterocycles. The Hall–Kier alpha value is -6.45. The molecular formula is C36H41N7O9. The fourth-order valence-corrected chi connectivity index (χ4v) is 4.83. The predicted octanol–water partition coefficient (Wildman–Crippen LogP) is 0.878. The maximum atomic E-state index is 13.5. The lowest BCUT2D eigenvalue weighted by Gasteiger charge is -2.20. The molecule has 0 unspecified atom stereocenters. The zero-order valence-corrected chi connectivity index (χ0v) is 28.3. The van der Waals surface area contributed by atoms with E-state index in [-0.39, 0.29) is 37.4 Å². The molecule has 16 nitrogen and oxygen atoms in total. The molecule has 7 amide bonds. The average Bonchev–Trinajstić information content (AvgIpc) is 3.15. The Morgan fingerprint density at radius 2 is 1.31 bits per heavy atom. The summed E-state index contributed by atoms with van der Waals surface area (Å²) in [7, 11) is 0. The molecule has 0 spiro atoms. The van der Waals surface area contributed by atoms with Gasteiger partial charge in [0.1, 0.15) is 25.0 Å². The normalized spacial score (nSPS) is 16.1. The first-order valence-electron chi connectivity index (χ1n) is 16.6. The summed E-state index contributed by atoms with van der Waals surface area (Å²) in [6.07, 6.45) is 0.418. The predicted molar refractivity (Wildman–Crippen MR) is 188 cm³/mol. The topological polar surface area (TPSA) is 222 Å². The van der Waals surface area contributed by atoms with Crippen molar-refractivity contribution in [2.24, 2.45) is 0 Å². The summed E-state index contributed by atoms with van der Waals surface area (Å²) in [6, 6.07) is 21.6. The fraction of sp³-hybridized carbons (Fsp3) is 0.306. The molecule has 1 heterocycles. The molecule has 2 bridgehead atoms. The van der Waals surface area contributed by atoms with Gasteiger partial charge in [0.2, 0.25) is 29.5 Å². The summed E-state index contributed by atoms with van der Waals surface area (Å²) in [4.78, 5) is 88.4. The second-order valence-corrected chi connectivity index (χ2v) is 11.6. The molecule has 52 heavy (non-hydrogen) atoms. The van der Waals surface area contributed by atoms with Crippen molar-refractivity contribution >= 4 is 47.2 Å². The van der Waals surface area contributed by atoms with Crippen LogP contribution in [-0.2, 0) is 41.9 Å². The van der Waals surface area contributed by atoms with Crippen molar-refractivity contribution in [3.63, 3.8) is 0 Å². The van der Waals surface area contributed by atoms with E-state index >= 15 is 0 Å². The van der Waals surface area contributed by atoms with Crippen LogP contribution in [0.4, 0.5) is 10.5 Å². The maximum absolute atomic E-state index is 13.5. The molecule has 1 aliphatic heterocycles. The van der Waals surface area contributed by atoms with Gasteiger partial charge >= 0.3 is 6.09 Å². The number of amides is 7. The van der Waals surface area contributed by atoms with Crippen LogP contribution < -0.4 is 42.0 Å². The van der Waals surface area contributed by atoms with Crippen LogP contribution in [0, 0.1) is 0 Å². The first kappa shape index (κ1) is 38.4. The van der Waals surface area contributed by atoms with Crippen molar-refractivity contribution in [1.82, 2.24) is 31.9 Å². The lowest BCUT2D eigenvalue weighted by molar-refractivity contribution is -0.129. The van der Waals surface area contributed by atoms with E-state index < -0.39 is 73.8 Å². The number of anilines is 1. The van der Waals surface area contributed by atoms with Gasteiger partial charge in [-0.15, -0.1) is 0 Å². The number of unbranched alkanes of at least 4 members (excludes halogenated alkanes) is 1. The maximum Gasteiger partial charge on any atom is 0.407 e. The van der Waals surface area contributed by atoms with Crippen LogP contribution in [0.1, 0.15) is 40.7 Å². The van der Waals surface area contributed by atoms with Gasteiger partial charge in [0, 0.05) is 23.4 Å². The van der Waals surface area contributed by atoms with Crippen LogP contribution >= 0.6 is 0 Å². The first-order chi connectivity index (χ1) is 25.2. The molecule has 0 saturated carbocycles. The average molecular weight is 716 g/mol. The first-order valence-corrected chi connectivity index (χ1v) is 16.6. The number of carbonyl (C=O) groups is 7. The SMILES string of the molecule is O=C1CNC(=O)CNC(=O)c2cc(ccc2COc2ccccc2)NC(=O)[C@H](CCCCNC(=O)OCc2ccccc2)NC(=O)CNC(=O)CN1. The minimum absolute atomic E-state index is 0.00834. The summed E-state index contributed by atoms with van der Waals surface area (Å²) in [5.41, 5.74) is 1.64. The zero-order chi connectivity index (χ0) is 37.1. The van der Waals surface area contributed by atoms with Crippen molar-refractivity contribution in [2.45, 2.75) is 38.5 Å². The number of hydrogen-bond acceptors (Lipinski definition) is 9. The van der Waals surface area contributed by atoms with Crippen LogP contribution in [-0.4, -0.2) is 80.3 Å². The quantitative estimate of drug-likeness (QED) is 0.148. The second kappa shape index (κ2) is 20.3. The molecule has 0 aliphatic carbocycles. The van der Waals surface area contributed by atoms with Gasteiger partial charge in [-0.1, -0.05) is 54.6 Å². The number of fused-ring (bicyclic) bond motifs is 2. The number of rotatable bonds is 10. The molecule has 16 heteroatoms. The highest BCUT2D eigenvalue weighted by atomic mass is 16.5. The third-order valence-electron chi connectivity index (χ3n) is 7.56. The Morgan fingerprint density at radius 1 is 0.692 bits per heavy atom. The highest BCUT2D eigenvalue weighted by molar-refractivity contribution is 6.02. The van der Waals surface area contributed by atoms with Gasteiger partial charge in [-0.05, 0) is 49.1 Å². The van der Waals surface area contributed by atoms with E-state index in [2.05, 4.69) is 37.2 Å². The molecule has 7 N–H and O–H groups in total. The van der Waals surface area contributed by atoms with Crippen molar-refractivity contribution in [1.29, 1.82) is 0 Å². The van der Waals surface area contributed by atoms with Gasteiger partial charge in [0.05, 0.1) is 26.2 Å². The van der Waals surface area contributed by atoms with Gasteiger partial charge in [-0.2, -0.15) is 0 Å².